The number of rotatable bonds is 7. The van der Waals surface area contributed by atoms with E-state index in [1.165, 1.54) is 0 Å². The quantitative estimate of drug-likeness (QED) is 0.531. The number of carbonyl (C=O) groups excluding carboxylic acids is 1. The van der Waals surface area contributed by atoms with Crippen molar-refractivity contribution in [3.8, 4) is 28.7 Å². The van der Waals surface area contributed by atoms with E-state index < -0.39 is 12.1 Å². The van der Waals surface area contributed by atoms with E-state index in [0.717, 1.165) is 29.0 Å². The van der Waals surface area contributed by atoms with Gasteiger partial charge in [0.15, 0.2) is 0 Å². The van der Waals surface area contributed by atoms with Crippen LogP contribution in [0.25, 0.3) is 11.1 Å². The number of aromatic nitrogens is 2. The maximum atomic E-state index is 11.6. The van der Waals surface area contributed by atoms with Crippen LogP contribution < -0.4 is 4.74 Å². The Labute approximate surface area is 199 Å². The lowest BCUT2D eigenvalue weighted by molar-refractivity contribution is -0.126. The molecule has 1 fully saturated rings. The van der Waals surface area contributed by atoms with Crippen LogP contribution in [0.4, 0.5) is 0 Å². The summed E-state index contributed by atoms with van der Waals surface area (Å²) >= 11 is 0. The van der Waals surface area contributed by atoms with Gasteiger partial charge in [-0.15, -0.1) is 0 Å². The summed E-state index contributed by atoms with van der Waals surface area (Å²) in [5, 5.41) is 19.6. The van der Waals surface area contributed by atoms with Gasteiger partial charge in [0.05, 0.1) is 13.2 Å². The molecule has 0 spiro atoms. The Hall–Kier alpha value is -3.60. The van der Waals surface area contributed by atoms with Crippen molar-refractivity contribution in [1.82, 2.24) is 14.5 Å². The van der Waals surface area contributed by atoms with Gasteiger partial charge in [0.25, 0.3) is 0 Å². The number of aliphatic hydroxyl groups is 2. The van der Waals surface area contributed by atoms with Crippen molar-refractivity contribution in [2.24, 2.45) is 5.92 Å². The van der Waals surface area contributed by atoms with Crippen molar-refractivity contribution in [2.45, 2.75) is 25.5 Å². The minimum absolute atomic E-state index is 0.176. The van der Waals surface area contributed by atoms with Gasteiger partial charge >= 0.3 is 0 Å². The largest absolute Gasteiger partial charge is 0.493 e. The first-order valence-electron chi connectivity index (χ1n) is 11.3. The second-order valence-electron chi connectivity index (χ2n) is 8.59. The zero-order valence-electron chi connectivity index (χ0n) is 19.4. The lowest BCUT2D eigenvalue weighted by Crippen LogP contribution is -2.20. The second-order valence-corrected chi connectivity index (χ2v) is 8.59. The molecule has 3 atom stereocenters. The molecule has 176 valence electrons. The normalized spacial score (nSPS) is 17.2. The van der Waals surface area contributed by atoms with Crippen LogP contribution in [0.3, 0.4) is 0 Å². The van der Waals surface area contributed by atoms with E-state index in [2.05, 4.69) is 16.8 Å². The number of amides is 1. The molecule has 7 heteroatoms. The lowest BCUT2D eigenvalue weighted by atomic mass is 10.0. The van der Waals surface area contributed by atoms with Gasteiger partial charge in [-0.2, -0.15) is 0 Å². The monoisotopic (exact) mass is 459 g/mol. The summed E-state index contributed by atoms with van der Waals surface area (Å²) in [7, 11) is 1.83. The number of carbonyl (C=O) groups is 1. The molecule has 2 heterocycles. The molecule has 0 unspecified atom stereocenters. The fourth-order valence-corrected chi connectivity index (χ4v) is 4.05. The van der Waals surface area contributed by atoms with Crippen LogP contribution >= 0.6 is 0 Å². The van der Waals surface area contributed by atoms with Crippen molar-refractivity contribution < 1.29 is 19.7 Å². The Balaban J connectivity index is 1.38. The second kappa shape index (κ2) is 10.6. The fraction of sp³-hybridized carbons (Fsp3) is 0.333. The van der Waals surface area contributed by atoms with Gasteiger partial charge in [0.1, 0.15) is 23.7 Å². The van der Waals surface area contributed by atoms with E-state index in [9.17, 15) is 15.0 Å². The molecule has 0 radical (unpaired) electrons. The summed E-state index contributed by atoms with van der Waals surface area (Å²) in [5.74, 6) is 7.84. The molecule has 4 rings (SSSR count). The maximum Gasteiger partial charge on any atom is 0.222 e. The Bertz CT molecular complexity index is 1170. The van der Waals surface area contributed by atoms with Crippen molar-refractivity contribution in [2.75, 3.05) is 26.8 Å². The van der Waals surface area contributed by atoms with Crippen LogP contribution in [0.5, 0.6) is 5.75 Å². The smallest absolute Gasteiger partial charge is 0.222 e. The molecule has 34 heavy (non-hydrogen) atoms. The van der Waals surface area contributed by atoms with Crippen LogP contribution in [0, 0.1) is 17.8 Å². The fourth-order valence-electron chi connectivity index (χ4n) is 4.05. The van der Waals surface area contributed by atoms with E-state index >= 15 is 0 Å². The number of nitrogens with zero attached hydrogens (tertiary/aromatic N) is 3. The van der Waals surface area contributed by atoms with E-state index in [-0.39, 0.29) is 18.4 Å². The van der Waals surface area contributed by atoms with E-state index in [4.69, 9.17) is 4.74 Å². The number of aliphatic hydroxyl groups excluding tert-OH is 2. The highest BCUT2D eigenvalue weighted by Gasteiger charge is 2.27. The highest BCUT2D eigenvalue weighted by Crippen LogP contribution is 2.24. The molecule has 1 saturated heterocycles. The number of benzene rings is 2. The van der Waals surface area contributed by atoms with Gasteiger partial charge in [-0.05, 0) is 42.3 Å². The van der Waals surface area contributed by atoms with Crippen LogP contribution in [0.15, 0.2) is 60.9 Å². The molecule has 0 saturated carbocycles. The average Bonchev–Trinajstić information content (AvgIpc) is 3.46. The zero-order valence-corrected chi connectivity index (χ0v) is 19.4. The van der Waals surface area contributed by atoms with Crippen LogP contribution in [0.1, 0.15) is 36.9 Å². The molecule has 1 aliphatic rings. The molecule has 1 aliphatic heterocycles. The van der Waals surface area contributed by atoms with E-state index in [1.807, 2.05) is 55.6 Å². The summed E-state index contributed by atoms with van der Waals surface area (Å²) < 4.78 is 7.57. The summed E-state index contributed by atoms with van der Waals surface area (Å²) in [5.41, 5.74) is 2.96. The highest BCUT2D eigenvalue weighted by atomic mass is 16.5. The first kappa shape index (κ1) is 23.6. The third-order valence-corrected chi connectivity index (χ3v) is 5.94. The molecule has 1 amide bonds. The Morgan fingerprint density at radius 2 is 1.82 bits per heavy atom. The summed E-state index contributed by atoms with van der Waals surface area (Å²) in [6.45, 7) is 2.74. The number of likely N-dealkylation sites (tertiary alicyclic amines) is 1. The topological polar surface area (TPSA) is 87.8 Å². The molecule has 7 nitrogen and oxygen atoms in total. The van der Waals surface area contributed by atoms with Gasteiger partial charge in [0.2, 0.25) is 5.91 Å². The Kier molecular flexibility index (Phi) is 7.31. The number of imidazole rings is 1. The van der Waals surface area contributed by atoms with E-state index in [0.29, 0.717) is 18.9 Å². The highest BCUT2D eigenvalue weighted by molar-refractivity contribution is 5.78. The summed E-state index contributed by atoms with van der Waals surface area (Å²) in [4.78, 5) is 17.5. The van der Waals surface area contributed by atoms with Crippen molar-refractivity contribution >= 4 is 5.91 Å². The van der Waals surface area contributed by atoms with Crippen molar-refractivity contribution in [3.05, 3.63) is 72.3 Å². The minimum atomic E-state index is -0.740. The first-order valence-corrected chi connectivity index (χ1v) is 11.3. The van der Waals surface area contributed by atoms with Crippen molar-refractivity contribution in [1.29, 1.82) is 0 Å². The molecule has 1 aromatic heterocycles. The average molecular weight is 460 g/mol. The van der Waals surface area contributed by atoms with Crippen LogP contribution in [0.2, 0.25) is 0 Å². The Morgan fingerprint density at radius 3 is 2.41 bits per heavy atom. The SMILES string of the molecule is C[C@H](O)c1nccn1[C@@H](C#Cc1ccc(-c2ccc(OC[C@@H]3CC(=O)N(C)C3)cc2)cc1)CO. The number of hydrogen-bond donors (Lipinski definition) is 2. The van der Waals surface area contributed by atoms with Crippen LogP contribution in [-0.4, -0.2) is 57.4 Å². The van der Waals surface area contributed by atoms with Gasteiger partial charge in [-0.3, -0.25) is 4.79 Å². The molecule has 2 aromatic carbocycles. The van der Waals surface area contributed by atoms with Crippen molar-refractivity contribution in [3.63, 3.8) is 0 Å². The zero-order chi connectivity index (χ0) is 24.1. The number of hydrogen-bond acceptors (Lipinski definition) is 5. The van der Waals surface area contributed by atoms with Gasteiger partial charge in [-0.1, -0.05) is 36.1 Å². The molecular weight excluding hydrogens is 430 g/mol. The molecule has 0 bridgehead atoms. The predicted molar refractivity (Wildman–Crippen MR) is 129 cm³/mol. The third-order valence-electron chi connectivity index (χ3n) is 5.94. The molecule has 2 N–H and O–H groups in total. The van der Waals surface area contributed by atoms with Crippen LogP contribution in [-0.2, 0) is 4.79 Å². The summed E-state index contributed by atoms with van der Waals surface area (Å²) in [6.07, 6.45) is 3.11. The predicted octanol–water partition coefficient (Wildman–Crippen LogP) is 3.05. The first-order chi connectivity index (χ1) is 16.4. The number of ether oxygens (including phenoxy) is 1. The molecular formula is C27H29N3O4. The lowest BCUT2D eigenvalue weighted by Gasteiger charge is -2.14. The van der Waals surface area contributed by atoms with Gasteiger partial charge in [-0.25, -0.2) is 4.98 Å². The van der Waals surface area contributed by atoms with E-state index in [1.54, 1.807) is 28.8 Å². The van der Waals surface area contributed by atoms with Gasteiger partial charge < -0.3 is 24.4 Å². The summed E-state index contributed by atoms with van der Waals surface area (Å²) in [6, 6.07) is 15.3. The van der Waals surface area contributed by atoms with Gasteiger partial charge in [0, 0.05) is 43.9 Å². The third kappa shape index (κ3) is 5.48. The molecule has 3 aromatic rings. The standard InChI is InChI=1S/C27H29N3O4/c1-19(32)27-28-13-14-30(27)24(17-31)10-5-20-3-6-22(7-4-20)23-8-11-25(12-9-23)34-18-21-15-26(33)29(2)16-21/h3-4,6-9,11-14,19,21,24,31-32H,15-18H2,1-2H3/t19-,21+,24-/m0/s1. The maximum absolute atomic E-state index is 11.6. The molecule has 0 aliphatic carbocycles. The Morgan fingerprint density at radius 1 is 1.15 bits per heavy atom. The minimum Gasteiger partial charge on any atom is -0.493 e.